The van der Waals surface area contributed by atoms with Crippen LogP contribution in [0.1, 0.15) is 31.2 Å². The van der Waals surface area contributed by atoms with Crippen molar-refractivity contribution in [2.75, 3.05) is 7.11 Å². The van der Waals surface area contributed by atoms with Crippen LogP contribution >= 0.6 is 27.3 Å². The van der Waals surface area contributed by atoms with Crippen molar-refractivity contribution in [1.82, 2.24) is 4.57 Å². The number of phenolic OH excluding ortho intramolecular Hbond substituents is 1. The largest absolute Gasteiger partial charge is 0.504 e. The Balaban J connectivity index is 1.67. The zero-order valence-corrected chi connectivity index (χ0v) is 22.0. The Morgan fingerprint density at radius 3 is 2.64 bits per heavy atom. The van der Waals surface area contributed by atoms with Gasteiger partial charge in [-0.3, -0.25) is 14.2 Å². The van der Waals surface area contributed by atoms with Crippen molar-refractivity contribution in [2.24, 2.45) is 4.99 Å². The number of hydrogen-bond acceptors (Lipinski definition) is 7. The molecule has 0 saturated carbocycles. The predicted octanol–water partition coefficient (Wildman–Crippen LogP) is 4.56. The number of carbonyl (C=O) groups excluding carboxylic acids is 1. The number of rotatable bonds is 5. The van der Waals surface area contributed by atoms with E-state index in [1.165, 1.54) is 36.0 Å². The lowest BCUT2D eigenvalue weighted by molar-refractivity contribution is -0.114. The van der Waals surface area contributed by atoms with Gasteiger partial charge in [-0.15, -0.1) is 0 Å². The van der Waals surface area contributed by atoms with Crippen molar-refractivity contribution in [3.8, 4) is 22.8 Å². The number of ether oxygens (including phenoxy) is 1. The Kier molecular flexibility index (Phi) is 6.27. The third-order valence-corrected chi connectivity index (χ3v) is 7.44. The van der Waals surface area contributed by atoms with E-state index in [-0.39, 0.29) is 17.1 Å². The van der Waals surface area contributed by atoms with Crippen LogP contribution in [-0.2, 0) is 4.79 Å². The Hall–Kier alpha value is -3.69. The Labute approximate surface area is 218 Å². The summed E-state index contributed by atoms with van der Waals surface area (Å²) in [6.45, 7) is 3.24. The molecular weight excluding hydrogens is 544 g/mol. The van der Waals surface area contributed by atoms with Crippen molar-refractivity contribution in [2.45, 2.75) is 19.9 Å². The standard InChI is InChI=1S/C27H21BrN2O5S/c1-14-24(15(2)31)25(21-11-10-20(35-21)17-5-7-18(28)8-6-17)30-26(33)23(36-27(30)29-14)13-16-4-9-19(32)22(12-16)34-3/h4-13,25,32H,1-3H3/b23-13+/t25-/m1/s1. The minimum atomic E-state index is -0.737. The molecule has 2 aromatic heterocycles. The number of Topliss-reactive ketones (excluding diaryl/α,β-unsaturated/α-hetero) is 1. The van der Waals surface area contributed by atoms with Gasteiger partial charge in [0.15, 0.2) is 22.1 Å². The average Bonchev–Trinajstić information content (AvgIpc) is 3.45. The predicted molar refractivity (Wildman–Crippen MR) is 141 cm³/mol. The van der Waals surface area contributed by atoms with Crippen LogP contribution < -0.4 is 19.6 Å². The number of aromatic hydroxyl groups is 1. The molecule has 7 nitrogen and oxygen atoms in total. The average molecular weight is 565 g/mol. The number of fused-ring (bicyclic) bond motifs is 1. The zero-order valence-electron chi connectivity index (χ0n) is 19.6. The van der Waals surface area contributed by atoms with E-state index in [1.54, 1.807) is 31.2 Å². The van der Waals surface area contributed by atoms with E-state index in [2.05, 4.69) is 20.9 Å². The molecule has 5 rings (SSSR count). The van der Waals surface area contributed by atoms with Gasteiger partial charge in [0, 0.05) is 21.3 Å². The number of ketones is 1. The van der Waals surface area contributed by atoms with E-state index >= 15 is 0 Å². The molecule has 182 valence electrons. The third kappa shape index (κ3) is 4.25. The van der Waals surface area contributed by atoms with Crippen molar-refractivity contribution >= 4 is 39.1 Å². The number of thiazole rings is 1. The first-order chi connectivity index (χ1) is 17.3. The summed E-state index contributed by atoms with van der Waals surface area (Å²) in [6.07, 6.45) is 1.71. The van der Waals surface area contributed by atoms with Gasteiger partial charge in [-0.1, -0.05) is 45.5 Å². The van der Waals surface area contributed by atoms with Gasteiger partial charge in [-0.2, -0.15) is 0 Å². The van der Waals surface area contributed by atoms with Gasteiger partial charge in [0.25, 0.3) is 5.56 Å². The zero-order chi connectivity index (χ0) is 25.6. The van der Waals surface area contributed by atoms with Crippen molar-refractivity contribution < 1.29 is 19.1 Å². The maximum absolute atomic E-state index is 13.6. The van der Waals surface area contributed by atoms with Gasteiger partial charge in [-0.25, -0.2) is 4.99 Å². The van der Waals surface area contributed by atoms with Crippen LogP contribution in [0.25, 0.3) is 17.4 Å². The monoisotopic (exact) mass is 564 g/mol. The summed E-state index contributed by atoms with van der Waals surface area (Å²) in [5.41, 5.74) is 2.24. The molecule has 1 N–H and O–H groups in total. The Morgan fingerprint density at radius 1 is 1.19 bits per heavy atom. The highest BCUT2D eigenvalue weighted by atomic mass is 79.9. The first-order valence-corrected chi connectivity index (χ1v) is 12.6. The topological polar surface area (TPSA) is 94.0 Å². The van der Waals surface area contributed by atoms with Crippen LogP contribution in [0.5, 0.6) is 11.5 Å². The highest BCUT2D eigenvalue weighted by Gasteiger charge is 2.33. The molecule has 0 spiro atoms. The molecule has 9 heteroatoms. The van der Waals surface area contributed by atoms with E-state index in [1.807, 2.05) is 30.3 Å². The van der Waals surface area contributed by atoms with Crippen LogP contribution in [0.15, 0.2) is 84.5 Å². The molecule has 1 aliphatic heterocycles. The summed E-state index contributed by atoms with van der Waals surface area (Å²) in [6, 6.07) is 15.4. The molecule has 0 fully saturated rings. The van der Waals surface area contributed by atoms with E-state index < -0.39 is 6.04 Å². The maximum atomic E-state index is 13.6. The summed E-state index contributed by atoms with van der Waals surface area (Å²) < 4.78 is 14.3. The highest BCUT2D eigenvalue weighted by Crippen LogP contribution is 2.34. The van der Waals surface area contributed by atoms with E-state index in [9.17, 15) is 14.7 Å². The van der Waals surface area contributed by atoms with E-state index in [4.69, 9.17) is 9.15 Å². The lowest BCUT2D eigenvalue weighted by Crippen LogP contribution is -2.39. The molecule has 1 aliphatic rings. The fraction of sp³-hybridized carbons (Fsp3) is 0.148. The molecule has 0 radical (unpaired) electrons. The Morgan fingerprint density at radius 2 is 1.94 bits per heavy atom. The lowest BCUT2D eigenvalue weighted by atomic mass is 9.98. The Bertz CT molecular complexity index is 1710. The van der Waals surface area contributed by atoms with Crippen LogP contribution in [0.3, 0.4) is 0 Å². The number of aromatic nitrogens is 1. The quantitative estimate of drug-likeness (QED) is 0.383. The van der Waals surface area contributed by atoms with Crippen molar-refractivity contribution in [3.63, 3.8) is 0 Å². The van der Waals surface area contributed by atoms with Gasteiger partial charge in [0.05, 0.1) is 11.6 Å². The lowest BCUT2D eigenvalue weighted by Gasteiger charge is -2.22. The molecule has 0 aliphatic carbocycles. The molecule has 1 atom stereocenters. The molecule has 0 amide bonds. The number of nitrogens with zero attached hydrogens (tertiary/aromatic N) is 2. The van der Waals surface area contributed by atoms with E-state index in [0.717, 1.165) is 10.0 Å². The number of halogens is 1. The second-order valence-electron chi connectivity index (χ2n) is 8.28. The van der Waals surface area contributed by atoms with Gasteiger partial charge >= 0.3 is 0 Å². The number of carbonyl (C=O) groups is 1. The number of benzene rings is 2. The van der Waals surface area contributed by atoms with Gasteiger partial charge in [0.2, 0.25) is 0 Å². The van der Waals surface area contributed by atoms with Gasteiger partial charge < -0.3 is 14.3 Å². The number of hydrogen-bond donors (Lipinski definition) is 1. The molecule has 3 heterocycles. The second-order valence-corrected chi connectivity index (χ2v) is 10.2. The normalized spacial score (nSPS) is 15.6. The molecule has 2 aromatic carbocycles. The first-order valence-electron chi connectivity index (χ1n) is 11.0. The number of allylic oxidation sites excluding steroid dienone is 2. The number of methoxy groups -OCH3 is 1. The molecule has 0 bridgehead atoms. The number of furan rings is 1. The fourth-order valence-electron chi connectivity index (χ4n) is 4.24. The van der Waals surface area contributed by atoms with Crippen LogP contribution in [0.2, 0.25) is 0 Å². The second kappa shape index (κ2) is 9.40. The summed E-state index contributed by atoms with van der Waals surface area (Å²) >= 11 is 4.66. The number of phenols is 1. The highest BCUT2D eigenvalue weighted by molar-refractivity contribution is 9.10. The van der Waals surface area contributed by atoms with Gasteiger partial charge in [-0.05, 0) is 61.9 Å². The van der Waals surface area contributed by atoms with E-state index in [0.29, 0.717) is 43.4 Å². The maximum Gasteiger partial charge on any atom is 0.271 e. The summed E-state index contributed by atoms with van der Waals surface area (Å²) in [7, 11) is 1.46. The minimum absolute atomic E-state index is 0.0113. The SMILES string of the molecule is COc1cc(/C=c2/sc3n(c2=O)[C@H](c2ccc(-c4ccc(Br)cc4)o2)C(C(C)=O)=C(C)N=3)ccc1O. The third-order valence-electron chi connectivity index (χ3n) is 5.93. The molecular formula is C27H21BrN2O5S. The van der Waals surface area contributed by atoms with Crippen molar-refractivity contribution in [3.05, 3.63) is 101 Å². The molecule has 0 saturated heterocycles. The summed E-state index contributed by atoms with van der Waals surface area (Å²) in [4.78, 5) is 31.4. The van der Waals surface area contributed by atoms with Crippen LogP contribution in [-0.4, -0.2) is 22.6 Å². The fourth-order valence-corrected chi connectivity index (χ4v) is 5.56. The summed E-state index contributed by atoms with van der Waals surface area (Å²) in [5, 5.41) is 9.89. The van der Waals surface area contributed by atoms with Crippen LogP contribution in [0, 0.1) is 0 Å². The molecule has 4 aromatic rings. The van der Waals surface area contributed by atoms with Gasteiger partial charge in [0.1, 0.15) is 17.6 Å². The smallest absolute Gasteiger partial charge is 0.271 e. The summed E-state index contributed by atoms with van der Waals surface area (Å²) in [5.74, 6) is 1.25. The minimum Gasteiger partial charge on any atom is -0.504 e. The van der Waals surface area contributed by atoms with Crippen LogP contribution in [0.4, 0.5) is 0 Å². The molecule has 0 unspecified atom stereocenters. The van der Waals surface area contributed by atoms with Crippen molar-refractivity contribution in [1.29, 1.82) is 0 Å². The first kappa shape index (κ1) is 24.0. The molecule has 36 heavy (non-hydrogen) atoms.